The molecule has 3 N–H and O–H groups in total. The summed E-state index contributed by atoms with van der Waals surface area (Å²) < 4.78 is 4.68. The molecule has 1 aliphatic carbocycles. The van der Waals surface area contributed by atoms with Crippen molar-refractivity contribution in [3.8, 4) is 0 Å². The number of esters is 1. The summed E-state index contributed by atoms with van der Waals surface area (Å²) >= 11 is 0. The predicted octanol–water partition coefficient (Wildman–Crippen LogP) is 1.33. The Labute approximate surface area is 107 Å². The number of rotatable bonds is 5. The number of nitrogens with zero attached hydrogens (tertiary/aromatic N) is 1. The van der Waals surface area contributed by atoms with Crippen LogP contribution in [0, 0.1) is 12.8 Å². The Bertz CT molecular complexity index is 444. The highest BCUT2D eigenvalue weighted by atomic mass is 16.5. The van der Waals surface area contributed by atoms with E-state index in [0.717, 1.165) is 5.82 Å². The second-order valence-corrected chi connectivity index (χ2v) is 4.70. The third kappa shape index (κ3) is 2.98. The zero-order chi connectivity index (χ0) is 13.1. The number of carbonyl (C=O) groups is 1. The van der Waals surface area contributed by atoms with E-state index < -0.39 is 0 Å². The molecule has 0 radical (unpaired) electrons. The number of nitrogens with one attached hydrogen (secondary N) is 1. The SMILES string of the molecule is COC(=O)c1ccc(NCC(N)C2CC2)nc1C. The highest BCUT2D eigenvalue weighted by Crippen LogP contribution is 2.31. The van der Waals surface area contributed by atoms with Crippen molar-refractivity contribution in [2.45, 2.75) is 25.8 Å². The van der Waals surface area contributed by atoms with Gasteiger partial charge in [0, 0.05) is 12.6 Å². The third-order valence-corrected chi connectivity index (χ3v) is 3.24. The average Bonchev–Trinajstić information content (AvgIpc) is 3.19. The van der Waals surface area contributed by atoms with Crippen LogP contribution in [0.3, 0.4) is 0 Å². The van der Waals surface area contributed by atoms with Crippen LogP contribution in [-0.2, 0) is 4.74 Å². The van der Waals surface area contributed by atoms with Crippen molar-refractivity contribution < 1.29 is 9.53 Å². The van der Waals surface area contributed by atoms with Crippen molar-refractivity contribution in [2.24, 2.45) is 11.7 Å². The monoisotopic (exact) mass is 249 g/mol. The lowest BCUT2D eigenvalue weighted by atomic mass is 10.2. The summed E-state index contributed by atoms with van der Waals surface area (Å²) in [6.07, 6.45) is 2.47. The van der Waals surface area contributed by atoms with Crippen LogP contribution in [0.5, 0.6) is 0 Å². The van der Waals surface area contributed by atoms with Gasteiger partial charge in [-0.05, 0) is 37.8 Å². The fourth-order valence-electron chi connectivity index (χ4n) is 1.90. The van der Waals surface area contributed by atoms with Gasteiger partial charge < -0.3 is 15.8 Å². The topological polar surface area (TPSA) is 77.2 Å². The molecular weight excluding hydrogens is 230 g/mol. The summed E-state index contributed by atoms with van der Waals surface area (Å²) in [5.74, 6) is 1.05. The zero-order valence-corrected chi connectivity index (χ0v) is 10.8. The van der Waals surface area contributed by atoms with Crippen LogP contribution in [0.2, 0.25) is 0 Å². The molecule has 0 aromatic carbocycles. The molecule has 1 atom stereocenters. The van der Waals surface area contributed by atoms with E-state index in [1.54, 1.807) is 19.1 Å². The van der Waals surface area contributed by atoms with E-state index in [1.165, 1.54) is 20.0 Å². The maximum Gasteiger partial charge on any atom is 0.339 e. The van der Waals surface area contributed by atoms with Gasteiger partial charge >= 0.3 is 5.97 Å². The van der Waals surface area contributed by atoms with Gasteiger partial charge in [0.05, 0.1) is 18.4 Å². The van der Waals surface area contributed by atoms with Crippen molar-refractivity contribution in [1.82, 2.24) is 4.98 Å². The average molecular weight is 249 g/mol. The van der Waals surface area contributed by atoms with Gasteiger partial charge in [0.15, 0.2) is 0 Å². The summed E-state index contributed by atoms with van der Waals surface area (Å²) in [6.45, 7) is 2.51. The Hall–Kier alpha value is -1.62. The molecule has 0 aliphatic heterocycles. The van der Waals surface area contributed by atoms with E-state index in [2.05, 4.69) is 15.0 Å². The van der Waals surface area contributed by atoms with Gasteiger partial charge in [-0.15, -0.1) is 0 Å². The largest absolute Gasteiger partial charge is 0.465 e. The van der Waals surface area contributed by atoms with E-state index in [4.69, 9.17) is 5.73 Å². The predicted molar refractivity (Wildman–Crippen MR) is 69.5 cm³/mol. The summed E-state index contributed by atoms with van der Waals surface area (Å²) in [5, 5.41) is 3.20. The van der Waals surface area contributed by atoms with E-state index in [0.29, 0.717) is 23.7 Å². The quantitative estimate of drug-likeness (QED) is 0.770. The molecule has 1 saturated carbocycles. The van der Waals surface area contributed by atoms with E-state index in [1.807, 2.05) is 0 Å². The molecule has 1 aromatic heterocycles. The number of pyridine rings is 1. The molecular formula is C13H19N3O2. The minimum atomic E-state index is -0.360. The first-order chi connectivity index (χ1) is 8.61. The maximum absolute atomic E-state index is 11.4. The van der Waals surface area contributed by atoms with E-state index in [-0.39, 0.29) is 12.0 Å². The van der Waals surface area contributed by atoms with Gasteiger partial charge in [0.25, 0.3) is 0 Å². The molecule has 1 heterocycles. The van der Waals surface area contributed by atoms with Crippen molar-refractivity contribution in [2.75, 3.05) is 19.0 Å². The Morgan fingerprint density at radius 1 is 1.61 bits per heavy atom. The Kier molecular flexibility index (Phi) is 3.81. The van der Waals surface area contributed by atoms with Gasteiger partial charge in [-0.2, -0.15) is 0 Å². The van der Waals surface area contributed by atoms with Crippen LogP contribution >= 0.6 is 0 Å². The molecule has 1 aliphatic rings. The smallest absolute Gasteiger partial charge is 0.339 e. The summed E-state index contributed by atoms with van der Waals surface area (Å²) in [6, 6.07) is 3.69. The molecule has 5 heteroatoms. The molecule has 98 valence electrons. The van der Waals surface area contributed by atoms with Crippen LogP contribution in [0.15, 0.2) is 12.1 Å². The number of hydrogen-bond acceptors (Lipinski definition) is 5. The molecule has 0 spiro atoms. The fraction of sp³-hybridized carbons (Fsp3) is 0.538. The summed E-state index contributed by atoms with van der Waals surface area (Å²) in [4.78, 5) is 15.7. The lowest BCUT2D eigenvalue weighted by molar-refractivity contribution is 0.0599. The molecule has 1 aromatic rings. The molecule has 1 unspecified atom stereocenters. The van der Waals surface area contributed by atoms with Gasteiger partial charge in [0.1, 0.15) is 5.82 Å². The highest BCUT2D eigenvalue weighted by Gasteiger charge is 2.28. The fourth-order valence-corrected chi connectivity index (χ4v) is 1.90. The number of hydrogen-bond donors (Lipinski definition) is 2. The van der Waals surface area contributed by atoms with Crippen LogP contribution in [0.4, 0.5) is 5.82 Å². The zero-order valence-electron chi connectivity index (χ0n) is 10.8. The van der Waals surface area contributed by atoms with E-state index in [9.17, 15) is 4.79 Å². The molecule has 1 fully saturated rings. The van der Waals surface area contributed by atoms with Crippen LogP contribution in [0.1, 0.15) is 28.9 Å². The standard InChI is InChI=1S/C13H19N3O2/c1-8-10(13(17)18-2)5-6-12(16-8)15-7-11(14)9-3-4-9/h5-6,9,11H,3-4,7,14H2,1-2H3,(H,15,16). The summed E-state index contributed by atoms with van der Waals surface area (Å²) in [7, 11) is 1.36. The van der Waals surface area contributed by atoms with Gasteiger partial charge in [-0.25, -0.2) is 9.78 Å². The van der Waals surface area contributed by atoms with Crippen LogP contribution in [-0.4, -0.2) is 30.6 Å². The first kappa shape index (κ1) is 12.8. The lowest BCUT2D eigenvalue weighted by Gasteiger charge is -2.13. The second-order valence-electron chi connectivity index (χ2n) is 4.70. The molecule has 0 saturated heterocycles. The number of ether oxygens (including phenoxy) is 1. The Balaban J connectivity index is 1.97. The number of aryl methyl sites for hydroxylation is 1. The number of nitrogens with two attached hydrogens (primary N) is 1. The molecule has 2 rings (SSSR count). The van der Waals surface area contributed by atoms with Gasteiger partial charge in [-0.1, -0.05) is 0 Å². The Morgan fingerprint density at radius 3 is 2.89 bits per heavy atom. The van der Waals surface area contributed by atoms with Gasteiger partial charge in [-0.3, -0.25) is 0 Å². The highest BCUT2D eigenvalue weighted by molar-refractivity contribution is 5.90. The molecule has 5 nitrogen and oxygen atoms in total. The van der Waals surface area contributed by atoms with Crippen molar-refractivity contribution in [1.29, 1.82) is 0 Å². The van der Waals surface area contributed by atoms with E-state index >= 15 is 0 Å². The molecule has 18 heavy (non-hydrogen) atoms. The van der Waals surface area contributed by atoms with Crippen LogP contribution in [0.25, 0.3) is 0 Å². The maximum atomic E-state index is 11.4. The normalized spacial score (nSPS) is 16.2. The number of methoxy groups -OCH3 is 1. The van der Waals surface area contributed by atoms with Crippen molar-refractivity contribution >= 4 is 11.8 Å². The molecule has 0 bridgehead atoms. The van der Waals surface area contributed by atoms with Crippen molar-refractivity contribution in [3.05, 3.63) is 23.4 Å². The summed E-state index contributed by atoms with van der Waals surface area (Å²) in [5.41, 5.74) is 7.15. The number of anilines is 1. The molecule has 0 amide bonds. The number of aromatic nitrogens is 1. The number of carbonyl (C=O) groups excluding carboxylic acids is 1. The first-order valence-electron chi connectivity index (χ1n) is 6.17. The second kappa shape index (κ2) is 5.35. The van der Waals surface area contributed by atoms with Crippen molar-refractivity contribution in [3.63, 3.8) is 0 Å². The minimum Gasteiger partial charge on any atom is -0.465 e. The minimum absolute atomic E-state index is 0.187. The van der Waals surface area contributed by atoms with Crippen LogP contribution < -0.4 is 11.1 Å². The Morgan fingerprint density at radius 2 is 2.33 bits per heavy atom. The lowest BCUT2D eigenvalue weighted by Crippen LogP contribution is -2.31. The first-order valence-corrected chi connectivity index (χ1v) is 6.17. The van der Waals surface area contributed by atoms with Gasteiger partial charge in [0.2, 0.25) is 0 Å². The third-order valence-electron chi connectivity index (χ3n) is 3.24.